The fourth-order valence-corrected chi connectivity index (χ4v) is 2.24. The summed E-state index contributed by atoms with van der Waals surface area (Å²) in [4.78, 5) is 11.2. The molecule has 1 unspecified atom stereocenters. The minimum Gasteiger partial charge on any atom is -0.480 e. The van der Waals surface area contributed by atoms with E-state index in [1.165, 1.54) is 0 Å². The fraction of sp³-hybridized carbons (Fsp3) is 0.500. The number of carboxylic acid groups (broad SMARTS) is 1. The van der Waals surface area contributed by atoms with E-state index in [0.717, 1.165) is 12.0 Å². The van der Waals surface area contributed by atoms with E-state index < -0.39 is 17.1 Å². The third kappa shape index (κ3) is 2.40. The van der Waals surface area contributed by atoms with Crippen LogP contribution in [0.15, 0.2) is 30.3 Å². The van der Waals surface area contributed by atoms with E-state index >= 15 is 0 Å². The number of carboxylic acids is 1. The summed E-state index contributed by atoms with van der Waals surface area (Å²) in [6, 6.07) is 9.30. The fourth-order valence-electron chi connectivity index (χ4n) is 2.24. The largest absolute Gasteiger partial charge is 0.480 e. The molecule has 1 atom stereocenters. The first-order valence-electron chi connectivity index (χ1n) is 6.23. The third-order valence-electron chi connectivity index (χ3n) is 3.78. The molecule has 0 aliphatic heterocycles. The van der Waals surface area contributed by atoms with Crippen LogP contribution in [0.2, 0.25) is 0 Å². The summed E-state index contributed by atoms with van der Waals surface area (Å²) in [7, 11) is 0. The molecular formula is C14H19NO3. The quantitative estimate of drug-likeness (QED) is 0.739. The molecular weight excluding hydrogens is 230 g/mol. The molecule has 0 aromatic heterocycles. The van der Waals surface area contributed by atoms with Gasteiger partial charge in [-0.2, -0.15) is 0 Å². The Morgan fingerprint density at radius 1 is 1.39 bits per heavy atom. The molecule has 0 heterocycles. The number of benzene rings is 1. The van der Waals surface area contributed by atoms with Crippen LogP contribution in [-0.2, 0) is 10.4 Å². The van der Waals surface area contributed by atoms with Crippen molar-refractivity contribution in [2.75, 3.05) is 6.54 Å². The lowest BCUT2D eigenvalue weighted by molar-refractivity contribution is -0.149. The Hall–Kier alpha value is -1.39. The molecule has 4 nitrogen and oxygen atoms in total. The summed E-state index contributed by atoms with van der Waals surface area (Å²) in [5.41, 5.74) is -1.10. The highest BCUT2D eigenvalue weighted by atomic mass is 16.4. The van der Waals surface area contributed by atoms with Crippen molar-refractivity contribution in [1.82, 2.24) is 5.32 Å². The molecule has 1 fully saturated rings. The standard InChI is InChI=1S/C14H19NO3/c1-13(18,11-6-3-2-4-7-11)10-15-14(12(16)17)8-5-9-14/h2-4,6-7,15,18H,5,8-10H2,1H3,(H,16,17). The van der Waals surface area contributed by atoms with Gasteiger partial charge in [0.05, 0.1) is 5.60 Å². The van der Waals surface area contributed by atoms with Gasteiger partial charge in [-0.25, -0.2) is 0 Å². The predicted octanol–water partition coefficient (Wildman–Crippen LogP) is 1.49. The lowest BCUT2D eigenvalue weighted by Gasteiger charge is -2.40. The lowest BCUT2D eigenvalue weighted by Crippen LogP contribution is -2.59. The van der Waals surface area contributed by atoms with Crippen LogP contribution in [0.4, 0.5) is 0 Å². The number of carbonyl (C=O) groups is 1. The molecule has 1 aromatic rings. The van der Waals surface area contributed by atoms with E-state index in [4.69, 9.17) is 0 Å². The molecule has 1 aliphatic carbocycles. The van der Waals surface area contributed by atoms with E-state index in [2.05, 4.69) is 5.32 Å². The molecule has 1 aromatic carbocycles. The molecule has 98 valence electrons. The SMILES string of the molecule is CC(O)(CNC1(C(=O)O)CCC1)c1ccccc1. The third-order valence-corrected chi connectivity index (χ3v) is 3.78. The normalized spacial score (nSPS) is 20.8. The molecule has 1 aliphatic rings. The van der Waals surface area contributed by atoms with Gasteiger partial charge in [0, 0.05) is 6.54 Å². The van der Waals surface area contributed by atoms with Crippen molar-refractivity contribution in [3.05, 3.63) is 35.9 Å². The molecule has 0 amide bonds. The first kappa shape index (κ1) is 13.1. The van der Waals surface area contributed by atoms with E-state index in [9.17, 15) is 15.0 Å². The summed E-state index contributed by atoms with van der Waals surface area (Å²) in [5.74, 6) is -0.822. The summed E-state index contributed by atoms with van der Waals surface area (Å²) in [6.45, 7) is 1.94. The van der Waals surface area contributed by atoms with Crippen molar-refractivity contribution < 1.29 is 15.0 Å². The Bertz CT molecular complexity index is 424. The van der Waals surface area contributed by atoms with Crippen LogP contribution in [0.1, 0.15) is 31.7 Å². The number of hydrogen-bond acceptors (Lipinski definition) is 3. The van der Waals surface area contributed by atoms with E-state index in [1.807, 2.05) is 30.3 Å². The Morgan fingerprint density at radius 2 is 2.00 bits per heavy atom. The van der Waals surface area contributed by atoms with Gasteiger partial charge >= 0.3 is 5.97 Å². The van der Waals surface area contributed by atoms with Crippen molar-refractivity contribution in [3.8, 4) is 0 Å². The number of hydrogen-bond donors (Lipinski definition) is 3. The smallest absolute Gasteiger partial charge is 0.323 e. The van der Waals surface area contributed by atoms with Crippen molar-refractivity contribution in [2.24, 2.45) is 0 Å². The first-order chi connectivity index (χ1) is 8.46. The van der Waals surface area contributed by atoms with Crippen LogP contribution < -0.4 is 5.32 Å². The maximum absolute atomic E-state index is 11.2. The van der Waals surface area contributed by atoms with Crippen molar-refractivity contribution in [2.45, 2.75) is 37.3 Å². The maximum atomic E-state index is 11.2. The monoisotopic (exact) mass is 249 g/mol. The van der Waals surface area contributed by atoms with Crippen LogP contribution in [-0.4, -0.2) is 28.3 Å². The van der Waals surface area contributed by atoms with Gasteiger partial charge in [-0.3, -0.25) is 10.1 Å². The van der Waals surface area contributed by atoms with E-state index in [-0.39, 0.29) is 6.54 Å². The number of rotatable bonds is 5. The van der Waals surface area contributed by atoms with Gasteiger partial charge in [0.15, 0.2) is 0 Å². The van der Waals surface area contributed by atoms with Gasteiger partial charge in [0.1, 0.15) is 5.54 Å². The first-order valence-corrected chi connectivity index (χ1v) is 6.23. The molecule has 2 rings (SSSR count). The zero-order valence-corrected chi connectivity index (χ0v) is 10.5. The number of aliphatic carboxylic acids is 1. The second-order valence-corrected chi connectivity index (χ2v) is 5.23. The van der Waals surface area contributed by atoms with Gasteiger partial charge in [-0.1, -0.05) is 30.3 Å². The molecule has 1 saturated carbocycles. The minimum atomic E-state index is -1.06. The van der Waals surface area contributed by atoms with Gasteiger partial charge in [0.25, 0.3) is 0 Å². The highest BCUT2D eigenvalue weighted by Gasteiger charge is 2.45. The van der Waals surface area contributed by atoms with Gasteiger partial charge < -0.3 is 10.2 Å². The van der Waals surface area contributed by atoms with Crippen LogP contribution in [0.25, 0.3) is 0 Å². The molecule has 0 saturated heterocycles. The average Bonchev–Trinajstić information content (AvgIpc) is 2.28. The topological polar surface area (TPSA) is 69.6 Å². The van der Waals surface area contributed by atoms with E-state index in [1.54, 1.807) is 6.92 Å². The molecule has 0 bridgehead atoms. The van der Waals surface area contributed by atoms with Crippen molar-refractivity contribution in [3.63, 3.8) is 0 Å². The molecule has 0 spiro atoms. The van der Waals surface area contributed by atoms with Gasteiger partial charge in [0.2, 0.25) is 0 Å². The zero-order chi connectivity index (χ0) is 13.2. The number of nitrogens with one attached hydrogen (secondary N) is 1. The second-order valence-electron chi connectivity index (χ2n) is 5.23. The molecule has 4 heteroatoms. The highest BCUT2D eigenvalue weighted by Crippen LogP contribution is 2.33. The second kappa shape index (κ2) is 4.71. The Labute approximate surface area is 107 Å². The zero-order valence-electron chi connectivity index (χ0n) is 10.5. The van der Waals surface area contributed by atoms with Crippen LogP contribution in [0.5, 0.6) is 0 Å². The summed E-state index contributed by atoms with van der Waals surface area (Å²) in [6.07, 6.45) is 2.19. The predicted molar refractivity (Wildman–Crippen MR) is 68.2 cm³/mol. The number of β-amino-alcohol motifs (C(OH)–C–C–N with tert-alkyl or cyclic N) is 1. The molecule has 18 heavy (non-hydrogen) atoms. The van der Waals surface area contributed by atoms with Crippen molar-refractivity contribution >= 4 is 5.97 Å². The van der Waals surface area contributed by atoms with Crippen LogP contribution in [0, 0.1) is 0 Å². The molecule has 0 radical (unpaired) electrons. The average molecular weight is 249 g/mol. The van der Waals surface area contributed by atoms with Crippen molar-refractivity contribution in [1.29, 1.82) is 0 Å². The highest BCUT2D eigenvalue weighted by molar-refractivity contribution is 5.80. The minimum absolute atomic E-state index is 0.239. The summed E-state index contributed by atoms with van der Waals surface area (Å²) < 4.78 is 0. The summed E-state index contributed by atoms with van der Waals surface area (Å²) in [5, 5.41) is 22.6. The Kier molecular flexibility index (Phi) is 3.41. The van der Waals surface area contributed by atoms with Crippen LogP contribution >= 0.6 is 0 Å². The van der Waals surface area contributed by atoms with Gasteiger partial charge in [-0.05, 0) is 31.7 Å². The Morgan fingerprint density at radius 3 is 2.44 bits per heavy atom. The lowest BCUT2D eigenvalue weighted by atomic mass is 9.76. The molecule has 3 N–H and O–H groups in total. The van der Waals surface area contributed by atoms with E-state index in [0.29, 0.717) is 12.8 Å². The summed E-state index contributed by atoms with van der Waals surface area (Å²) >= 11 is 0. The van der Waals surface area contributed by atoms with Crippen LogP contribution in [0.3, 0.4) is 0 Å². The van der Waals surface area contributed by atoms with Gasteiger partial charge in [-0.15, -0.1) is 0 Å². The maximum Gasteiger partial charge on any atom is 0.323 e. The number of aliphatic hydroxyl groups is 1. The Balaban J connectivity index is 2.03.